The van der Waals surface area contributed by atoms with Gasteiger partial charge in [-0.05, 0) is 30.7 Å². The van der Waals surface area contributed by atoms with Crippen molar-refractivity contribution in [2.75, 3.05) is 46.4 Å². The zero-order valence-corrected chi connectivity index (χ0v) is 16.4. The van der Waals surface area contributed by atoms with Gasteiger partial charge in [0.25, 0.3) is 10.4 Å². The highest BCUT2D eigenvalue weighted by Gasteiger charge is 2.16. The van der Waals surface area contributed by atoms with Crippen LogP contribution in [0.3, 0.4) is 0 Å². The number of hydrogen-bond acceptors (Lipinski definition) is 5. The van der Waals surface area contributed by atoms with E-state index in [4.69, 9.17) is 21.7 Å². The van der Waals surface area contributed by atoms with Gasteiger partial charge in [-0.2, -0.15) is 0 Å². The van der Waals surface area contributed by atoms with E-state index in [0.717, 1.165) is 52.2 Å². The molecule has 0 spiro atoms. The van der Waals surface area contributed by atoms with Gasteiger partial charge in [-0.25, -0.2) is 0 Å². The predicted molar refractivity (Wildman–Crippen MR) is 109 cm³/mol. The molecule has 2 rings (SSSR count). The number of piperazine rings is 1. The lowest BCUT2D eigenvalue weighted by Gasteiger charge is -2.34. The molecule has 6 nitrogen and oxygen atoms in total. The van der Waals surface area contributed by atoms with Crippen LogP contribution in [0.2, 0.25) is 0 Å². The Morgan fingerprint density at radius 2 is 1.80 bits per heavy atom. The first kappa shape index (κ1) is 21.7. The molecule has 1 aliphatic heterocycles. The van der Waals surface area contributed by atoms with Gasteiger partial charge in [0.2, 0.25) is 0 Å². The van der Waals surface area contributed by atoms with E-state index in [9.17, 15) is 0 Å². The number of ether oxygens (including phenoxy) is 1. The first-order valence-electron chi connectivity index (χ1n) is 8.30. The molecule has 0 atom stereocenters. The lowest BCUT2D eigenvalue weighted by molar-refractivity contribution is 0.126. The van der Waals surface area contributed by atoms with Gasteiger partial charge in [0.1, 0.15) is 0 Å². The molecule has 0 radical (unpaired) electrons. The Hall–Kier alpha value is -1.35. The van der Waals surface area contributed by atoms with Crippen molar-refractivity contribution in [2.45, 2.75) is 13.0 Å². The number of amides is 1. The van der Waals surface area contributed by atoms with Gasteiger partial charge in [0, 0.05) is 39.3 Å². The molecule has 0 saturated carbocycles. The normalized spacial score (nSPS) is 15.0. The Bertz CT molecular complexity index is 505. The number of nitrogens with zero attached hydrogens (tertiary/aromatic N) is 2. The van der Waals surface area contributed by atoms with Crippen LogP contribution in [0, 0.1) is 0 Å². The maximum Gasteiger partial charge on any atom is 0.273 e. The van der Waals surface area contributed by atoms with Crippen molar-refractivity contribution < 1.29 is 9.53 Å². The van der Waals surface area contributed by atoms with Crippen LogP contribution < -0.4 is 11.1 Å². The SMILES string of the molecule is COC(=S)NCCCN1CCN(Cc2ccccc2)CC1.NC(=O)S. The number of primary amides is 1. The summed E-state index contributed by atoms with van der Waals surface area (Å²) in [5.41, 5.74) is 5.74. The van der Waals surface area contributed by atoms with E-state index < -0.39 is 5.24 Å². The third-order valence-corrected chi connectivity index (χ3v) is 4.13. The Kier molecular flexibility index (Phi) is 11.2. The average Bonchev–Trinajstić information content (AvgIpc) is 2.60. The lowest BCUT2D eigenvalue weighted by atomic mass is 10.2. The number of carbonyl (C=O) groups is 1. The molecule has 0 aromatic heterocycles. The molecule has 0 unspecified atom stereocenters. The fraction of sp³-hybridized carbons (Fsp3) is 0.529. The summed E-state index contributed by atoms with van der Waals surface area (Å²) in [5, 5.41) is 2.94. The Labute approximate surface area is 161 Å². The van der Waals surface area contributed by atoms with Crippen LogP contribution >= 0.6 is 24.8 Å². The maximum atomic E-state index is 9.09. The fourth-order valence-corrected chi connectivity index (χ4v) is 2.68. The second kappa shape index (κ2) is 12.9. The lowest BCUT2D eigenvalue weighted by Crippen LogP contribution is -2.46. The van der Waals surface area contributed by atoms with Crippen LogP contribution in [0.5, 0.6) is 0 Å². The molecule has 1 aliphatic rings. The number of hydrogen-bond donors (Lipinski definition) is 3. The molecule has 1 saturated heterocycles. The number of carbonyl (C=O) groups excluding carboxylic acids is 1. The van der Waals surface area contributed by atoms with Crippen molar-refractivity contribution in [3.8, 4) is 0 Å². The number of thiocarbonyl (C=S) groups is 1. The highest BCUT2D eigenvalue weighted by atomic mass is 32.1. The molecule has 140 valence electrons. The van der Waals surface area contributed by atoms with Crippen molar-refractivity contribution >= 4 is 35.3 Å². The summed E-state index contributed by atoms with van der Waals surface area (Å²) in [4.78, 5) is 14.1. The first-order chi connectivity index (χ1) is 12.0. The summed E-state index contributed by atoms with van der Waals surface area (Å²) >= 11 is 8.05. The Morgan fingerprint density at radius 3 is 2.36 bits per heavy atom. The number of nitrogens with two attached hydrogens (primary N) is 1. The molecule has 1 heterocycles. The smallest absolute Gasteiger partial charge is 0.273 e. The van der Waals surface area contributed by atoms with E-state index in [2.05, 4.69) is 63.8 Å². The predicted octanol–water partition coefficient (Wildman–Crippen LogP) is 1.71. The highest BCUT2D eigenvalue weighted by Crippen LogP contribution is 2.08. The van der Waals surface area contributed by atoms with Crippen LogP contribution in [0.4, 0.5) is 4.79 Å². The summed E-state index contributed by atoms with van der Waals surface area (Å²) in [7, 11) is 1.60. The molecule has 1 fully saturated rings. The van der Waals surface area contributed by atoms with Crippen molar-refractivity contribution in [3.63, 3.8) is 0 Å². The maximum absolute atomic E-state index is 9.09. The standard InChI is InChI=1S/C16H25N3OS.CH3NOS/c1-20-16(21)17-8-5-9-18-10-12-19(13-11-18)14-15-6-3-2-4-7-15;2-1(3)4/h2-4,6-7H,5,8-14H2,1H3,(H,17,21);(H3,2,3,4). The molecule has 0 aliphatic carbocycles. The summed E-state index contributed by atoms with van der Waals surface area (Å²) in [6.45, 7) is 7.69. The van der Waals surface area contributed by atoms with Crippen LogP contribution in [0.1, 0.15) is 12.0 Å². The van der Waals surface area contributed by atoms with Crippen molar-refractivity contribution in [3.05, 3.63) is 35.9 Å². The topological polar surface area (TPSA) is 70.8 Å². The van der Waals surface area contributed by atoms with E-state index in [1.165, 1.54) is 5.56 Å². The zero-order chi connectivity index (χ0) is 18.5. The highest BCUT2D eigenvalue weighted by molar-refractivity contribution is 7.96. The van der Waals surface area contributed by atoms with Gasteiger partial charge >= 0.3 is 0 Å². The van der Waals surface area contributed by atoms with Gasteiger partial charge < -0.3 is 20.7 Å². The second-order valence-electron chi connectivity index (χ2n) is 5.71. The summed E-state index contributed by atoms with van der Waals surface area (Å²) < 4.78 is 4.91. The summed E-state index contributed by atoms with van der Waals surface area (Å²) in [6, 6.07) is 10.7. The van der Waals surface area contributed by atoms with Crippen molar-refractivity contribution in [1.82, 2.24) is 15.1 Å². The molecule has 1 aromatic rings. The van der Waals surface area contributed by atoms with E-state index in [0.29, 0.717) is 5.17 Å². The average molecular weight is 385 g/mol. The van der Waals surface area contributed by atoms with Crippen LogP contribution in [0.15, 0.2) is 30.3 Å². The minimum atomic E-state index is -0.639. The number of methoxy groups -OCH3 is 1. The number of thiol groups is 1. The summed E-state index contributed by atoms with van der Waals surface area (Å²) in [6.07, 6.45) is 1.10. The first-order valence-corrected chi connectivity index (χ1v) is 9.15. The monoisotopic (exact) mass is 384 g/mol. The molecule has 3 N–H and O–H groups in total. The molecular formula is C17H28N4O2S2. The van der Waals surface area contributed by atoms with E-state index in [1.807, 2.05) is 0 Å². The molecule has 1 amide bonds. The summed E-state index contributed by atoms with van der Waals surface area (Å²) in [5.74, 6) is 0. The zero-order valence-electron chi connectivity index (χ0n) is 14.7. The van der Waals surface area contributed by atoms with Gasteiger partial charge in [0.15, 0.2) is 0 Å². The van der Waals surface area contributed by atoms with Crippen LogP contribution in [0.25, 0.3) is 0 Å². The van der Waals surface area contributed by atoms with E-state index in [-0.39, 0.29) is 0 Å². The molecule has 25 heavy (non-hydrogen) atoms. The minimum Gasteiger partial charge on any atom is -0.474 e. The molecule has 1 aromatic carbocycles. The van der Waals surface area contributed by atoms with Crippen LogP contribution in [-0.2, 0) is 11.3 Å². The van der Waals surface area contributed by atoms with Crippen molar-refractivity contribution in [1.29, 1.82) is 0 Å². The van der Waals surface area contributed by atoms with Crippen LogP contribution in [-0.4, -0.2) is 66.6 Å². The molecular weight excluding hydrogens is 356 g/mol. The van der Waals surface area contributed by atoms with Gasteiger partial charge in [0.05, 0.1) is 7.11 Å². The van der Waals surface area contributed by atoms with Gasteiger partial charge in [-0.3, -0.25) is 9.69 Å². The van der Waals surface area contributed by atoms with Gasteiger partial charge in [-0.15, -0.1) is 0 Å². The third kappa shape index (κ3) is 11.0. The van der Waals surface area contributed by atoms with Crippen molar-refractivity contribution in [2.24, 2.45) is 5.73 Å². The fourth-order valence-electron chi connectivity index (χ4n) is 2.58. The Balaban J connectivity index is 0.000000705. The largest absolute Gasteiger partial charge is 0.474 e. The van der Waals surface area contributed by atoms with E-state index >= 15 is 0 Å². The molecule has 8 heteroatoms. The molecule has 0 bridgehead atoms. The third-order valence-electron chi connectivity index (χ3n) is 3.82. The Morgan fingerprint density at radius 1 is 1.24 bits per heavy atom. The minimum absolute atomic E-state index is 0.489. The second-order valence-corrected chi connectivity index (χ2v) is 6.53. The van der Waals surface area contributed by atoms with E-state index in [1.54, 1.807) is 7.11 Å². The quantitative estimate of drug-likeness (QED) is 0.394. The number of rotatable bonds is 6. The number of benzene rings is 1. The number of nitrogens with one attached hydrogen (secondary N) is 1. The van der Waals surface area contributed by atoms with Gasteiger partial charge in [-0.1, -0.05) is 43.0 Å².